The van der Waals surface area contributed by atoms with Crippen molar-refractivity contribution in [2.24, 2.45) is 0 Å². The van der Waals surface area contributed by atoms with Gasteiger partial charge in [0.2, 0.25) is 5.95 Å². The van der Waals surface area contributed by atoms with Crippen LogP contribution in [-0.4, -0.2) is 20.9 Å². The first-order valence-electron chi connectivity index (χ1n) is 7.95. The van der Waals surface area contributed by atoms with Gasteiger partial charge < -0.3 is 10.6 Å². The molecule has 0 saturated carbocycles. The Hall–Kier alpha value is -3.28. The van der Waals surface area contributed by atoms with Crippen LogP contribution in [0.5, 0.6) is 0 Å². The monoisotopic (exact) mass is 333 g/mol. The number of anilines is 2. The molecule has 6 heteroatoms. The molecular weight excluding hydrogens is 314 g/mol. The lowest BCUT2D eigenvalue weighted by Gasteiger charge is -2.09. The number of carbonyl (C=O) groups is 1. The van der Waals surface area contributed by atoms with E-state index in [1.165, 1.54) is 12.4 Å². The second-order valence-corrected chi connectivity index (χ2v) is 5.78. The maximum atomic E-state index is 12.3. The first-order chi connectivity index (χ1) is 12.1. The number of nitrogens with zero attached hydrogens (tertiary/aromatic N) is 3. The standard InChI is InChI=1S/C19H19N5O/c1-13-3-4-17(14(2)9-13)24-18(25)16-11-22-19(23-12-16)21-10-15-5-7-20-8-6-15/h3-9,11-12H,10H2,1-2H3,(H,24,25)(H,21,22,23). The molecule has 2 heterocycles. The fourth-order valence-electron chi connectivity index (χ4n) is 2.37. The molecule has 0 fully saturated rings. The summed E-state index contributed by atoms with van der Waals surface area (Å²) in [5.74, 6) is 0.243. The highest BCUT2D eigenvalue weighted by molar-refractivity contribution is 6.04. The van der Waals surface area contributed by atoms with Crippen molar-refractivity contribution >= 4 is 17.5 Å². The highest BCUT2D eigenvalue weighted by Gasteiger charge is 2.09. The molecule has 0 aliphatic carbocycles. The summed E-state index contributed by atoms with van der Waals surface area (Å²) in [5.41, 5.74) is 4.45. The van der Waals surface area contributed by atoms with Gasteiger partial charge in [0, 0.05) is 37.0 Å². The lowest BCUT2D eigenvalue weighted by atomic mass is 10.1. The Balaban J connectivity index is 1.62. The molecule has 0 radical (unpaired) electrons. The molecule has 6 nitrogen and oxygen atoms in total. The molecule has 0 bridgehead atoms. The molecule has 0 aliphatic heterocycles. The quantitative estimate of drug-likeness (QED) is 0.748. The van der Waals surface area contributed by atoms with Crippen LogP contribution in [-0.2, 0) is 6.54 Å². The molecule has 0 spiro atoms. The highest BCUT2D eigenvalue weighted by Crippen LogP contribution is 2.17. The van der Waals surface area contributed by atoms with Crippen LogP contribution in [0.4, 0.5) is 11.6 Å². The molecule has 126 valence electrons. The minimum atomic E-state index is -0.229. The van der Waals surface area contributed by atoms with Gasteiger partial charge in [-0.2, -0.15) is 0 Å². The van der Waals surface area contributed by atoms with E-state index >= 15 is 0 Å². The van der Waals surface area contributed by atoms with E-state index in [-0.39, 0.29) is 5.91 Å². The average molecular weight is 333 g/mol. The van der Waals surface area contributed by atoms with Gasteiger partial charge >= 0.3 is 0 Å². The summed E-state index contributed by atoms with van der Waals surface area (Å²) in [6.07, 6.45) is 6.50. The van der Waals surface area contributed by atoms with Gasteiger partial charge in [-0.1, -0.05) is 17.7 Å². The van der Waals surface area contributed by atoms with Crippen molar-refractivity contribution in [3.8, 4) is 0 Å². The number of benzene rings is 1. The topological polar surface area (TPSA) is 79.8 Å². The molecule has 2 N–H and O–H groups in total. The first-order valence-corrected chi connectivity index (χ1v) is 7.95. The van der Waals surface area contributed by atoms with E-state index in [1.54, 1.807) is 12.4 Å². The van der Waals surface area contributed by atoms with E-state index in [0.717, 1.165) is 22.4 Å². The van der Waals surface area contributed by atoms with E-state index in [4.69, 9.17) is 0 Å². The van der Waals surface area contributed by atoms with Crippen molar-refractivity contribution in [2.75, 3.05) is 10.6 Å². The summed E-state index contributed by atoms with van der Waals surface area (Å²) in [5, 5.41) is 6.00. The Kier molecular flexibility index (Phi) is 4.99. The highest BCUT2D eigenvalue weighted by atomic mass is 16.1. The van der Waals surface area contributed by atoms with Crippen molar-refractivity contribution in [1.82, 2.24) is 15.0 Å². The van der Waals surface area contributed by atoms with Crippen molar-refractivity contribution in [2.45, 2.75) is 20.4 Å². The zero-order valence-electron chi connectivity index (χ0n) is 14.2. The molecule has 2 aromatic heterocycles. The van der Waals surface area contributed by atoms with Crippen molar-refractivity contribution in [3.05, 3.63) is 77.4 Å². The van der Waals surface area contributed by atoms with E-state index in [1.807, 2.05) is 44.2 Å². The summed E-state index contributed by atoms with van der Waals surface area (Å²) in [4.78, 5) is 24.7. The molecule has 1 aromatic carbocycles. The minimum absolute atomic E-state index is 0.229. The lowest BCUT2D eigenvalue weighted by Crippen LogP contribution is -2.14. The van der Waals surface area contributed by atoms with Crippen molar-refractivity contribution in [3.63, 3.8) is 0 Å². The summed E-state index contributed by atoms with van der Waals surface area (Å²) in [6, 6.07) is 9.72. The number of amides is 1. The number of hydrogen-bond acceptors (Lipinski definition) is 5. The largest absolute Gasteiger partial charge is 0.350 e. The van der Waals surface area contributed by atoms with Crippen LogP contribution >= 0.6 is 0 Å². The van der Waals surface area contributed by atoms with Gasteiger partial charge in [0.05, 0.1) is 5.56 Å². The fourth-order valence-corrected chi connectivity index (χ4v) is 2.37. The molecule has 0 unspecified atom stereocenters. The van der Waals surface area contributed by atoms with Gasteiger partial charge in [-0.05, 0) is 43.2 Å². The van der Waals surface area contributed by atoms with Gasteiger partial charge in [-0.3, -0.25) is 9.78 Å². The van der Waals surface area contributed by atoms with E-state index < -0.39 is 0 Å². The van der Waals surface area contributed by atoms with E-state index in [2.05, 4.69) is 25.6 Å². The average Bonchev–Trinajstić information content (AvgIpc) is 2.63. The summed E-state index contributed by atoms with van der Waals surface area (Å²) < 4.78 is 0. The zero-order chi connectivity index (χ0) is 17.6. The van der Waals surface area contributed by atoms with Crippen LogP contribution in [0.15, 0.2) is 55.1 Å². The Labute approximate surface area is 146 Å². The fraction of sp³-hybridized carbons (Fsp3) is 0.158. The van der Waals surface area contributed by atoms with E-state index in [9.17, 15) is 4.79 Å². The second-order valence-electron chi connectivity index (χ2n) is 5.78. The van der Waals surface area contributed by atoms with Crippen LogP contribution in [0.2, 0.25) is 0 Å². The predicted molar refractivity (Wildman–Crippen MR) is 97.5 cm³/mol. The molecule has 3 rings (SSSR count). The number of carbonyl (C=O) groups excluding carboxylic acids is 1. The summed E-state index contributed by atoms with van der Waals surface area (Å²) >= 11 is 0. The normalized spacial score (nSPS) is 10.3. The Bertz CT molecular complexity index is 863. The Morgan fingerprint density at radius 3 is 2.44 bits per heavy atom. The molecule has 25 heavy (non-hydrogen) atoms. The molecular formula is C19H19N5O. The number of aryl methyl sites for hydroxylation is 2. The number of hydrogen-bond donors (Lipinski definition) is 2. The molecule has 0 atom stereocenters. The second kappa shape index (κ2) is 7.53. The SMILES string of the molecule is Cc1ccc(NC(=O)c2cnc(NCc3ccncc3)nc2)c(C)c1. The smallest absolute Gasteiger partial charge is 0.258 e. The van der Waals surface area contributed by atoms with Gasteiger partial charge in [-0.15, -0.1) is 0 Å². The van der Waals surface area contributed by atoms with Crippen molar-refractivity contribution < 1.29 is 4.79 Å². The van der Waals surface area contributed by atoms with Crippen molar-refractivity contribution in [1.29, 1.82) is 0 Å². The van der Waals surface area contributed by atoms with Gasteiger partial charge in [0.1, 0.15) is 0 Å². The molecule has 3 aromatic rings. The molecule has 0 aliphatic rings. The number of aromatic nitrogens is 3. The van der Waals surface area contributed by atoms with Crippen LogP contribution in [0.1, 0.15) is 27.0 Å². The number of rotatable bonds is 5. The van der Waals surface area contributed by atoms with Gasteiger partial charge in [0.25, 0.3) is 5.91 Å². The number of pyridine rings is 1. The zero-order valence-corrected chi connectivity index (χ0v) is 14.2. The summed E-state index contributed by atoms with van der Waals surface area (Å²) in [7, 11) is 0. The maximum Gasteiger partial charge on any atom is 0.258 e. The van der Waals surface area contributed by atoms with Gasteiger partial charge in [-0.25, -0.2) is 9.97 Å². The third-order valence-electron chi connectivity index (χ3n) is 3.74. The Morgan fingerprint density at radius 2 is 1.76 bits per heavy atom. The van der Waals surface area contributed by atoms with Crippen LogP contribution in [0.25, 0.3) is 0 Å². The number of nitrogens with one attached hydrogen (secondary N) is 2. The van der Waals surface area contributed by atoms with E-state index in [0.29, 0.717) is 18.1 Å². The lowest BCUT2D eigenvalue weighted by molar-refractivity contribution is 0.102. The minimum Gasteiger partial charge on any atom is -0.350 e. The third kappa shape index (κ3) is 4.38. The third-order valence-corrected chi connectivity index (χ3v) is 3.74. The first kappa shape index (κ1) is 16.6. The maximum absolute atomic E-state index is 12.3. The van der Waals surface area contributed by atoms with Gasteiger partial charge in [0.15, 0.2) is 0 Å². The summed E-state index contributed by atoms with van der Waals surface area (Å²) in [6.45, 7) is 4.58. The van der Waals surface area contributed by atoms with Crippen LogP contribution in [0.3, 0.4) is 0 Å². The molecule has 0 saturated heterocycles. The predicted octanol–water partition coefficient (Wildman–Crippen LogP) is 3.35. The van der Waals surface area contributed by atoms with Crippen LogP contribution in [0, 0.1) is 13.8 Å². The van der Waals surface area contributed by atoms with Crippen LogP contribution < -0.4 is 10.6 Å². The Morgan fingerprint density at radius 1 is 1.04 bits per heavy atom. The molecule has 1 amide bonds.